The average Bonchev–Trinajstić information content (AvgIpc) is 3.18. The zero-order valence-electron chi connectivity index (χ0n) is 11.0. The molecule has 0 bridgehead atoms. The third-order valence-corrected chi connectivity index (χ3v) is 3.65. The van der Waals surface area contributed by atoms with E-state index in [-0.39, 0.29) is 6.10 Å². The Kier molecular flexibility index (Phi) is 2.77. The lowest BCUT2D eigenvalue weighted by Gasteiger charge is -2.09. The van der Waals surface area contributed by atoms with Crippen LogP contribution in [0.5, 0.6) is 0 Å². The molecule has 0 radical (unpaired) electrons. The van der Waals surface area contributed by atoms with E-state index in [0.717, 1.165) is 48.7 Å². The molecule has 0 N–H and O–H groups in total. The number of aromatic nitrogens is 3. The van der Waals surface area contributed by atoms with E-state index in [9.17, 15) is 0 Å². The molecule has 1 saturated heterocycles. The first kappa shape index (κ1) is 11.7. The molecule has 4 rings (SSSR count). The van der Waals surface area contributed by atoms with Crippen LogP contribution in [-0.4, -0.2) is 27.2 Å². The van der Waals surface area contributed by atoms with Crippen LogP contribution < -0.4 is 0 Å². The Morgan fingerprint density at radius 3 is 3.10 bits per heavy atom. The highest BCUT2D eigenvalue weighted by molar-refractivity contribution is 5.73. The van der Waals surface area contributed by atoms with Gasteiger partial charge in [0.1, 0.15) is 11.3 Å². The Hall–Kier alpha value is -2.14. The second kappa shape index (κ2) is 4.76. The van der Waals surface area contributed by atoms with E-state index in [1.54, 1.807) is 12.5 Å². The van der Waals surface area contributed by atoms with E-state index < -0.39 is 0 Å². The average molecular weight is 269 g/mol. The number of imidazole rings is 1. The van der Waals surface area contributed by atoms with Crippen molar-refractivity contribution in [1.29, 1.82) is 0 Å². The fraction of sp³-hybridized carbons (Fsp3) is 0.333. The van der Waals surface area contributed by atoms with Gasteiger partial charge in [0.15, 0.2) is 5.65 Å². The Balaban J connectivity index is 1.83. The number of furan rings is 1. The van der Waals surface area contributed by atoms with Crippen molar-refractivity contribution < 1.29 is 9.15 Å². The summed E-state index contributed by atoms with van der Waals surface area (Å²) in [6, 6.07) is 7.67. The van der Waals surface area contributed by atoms with E-state index in [2.05, 4.69) is 4.98 Å². The predicted octanol–water partition coefficient (Wildman–Crippen LogP) is 2.74. The molecule has 3 aromatic rings. The molecular formula is C15H15N3O2. The molecule has 1 atom stereocenters. The van der Waals surface area contributed by atoms with Crippen LogP contribution in [0.3, 0.4) is 0 Å². The van der Waals surface area contributed by atoms with Crippen molar-refractivity contribution in [3.8, 4) is 5.88 Å². The quantitative estimate of drug-likeness (QED) is 0.733. The van der Waals surface area contributed by atoms with E-state index in [1.807, 2.05) is 28.8 Å². The van der Waals surface area contributed by atoms with Gasteiger partial charge in [0.05, 0.1) is 12.4 Å². The van der Waals surface area contributed by atoms with Gasteiger partial charge in [-0.1, -0.05) is 0 Å². The minimum Gasteiger partial charge on any atom is -0.448 e. The molecule has 1 aliphatic rings. The summed E-state index contributed by atoms with van der Waals surface area (Å²) in [5.74, 6) is 1.69. The Morgan fingerprint density at radius 1 is 1.30 bits per heavy atom. The smallest absolute Gasteiger partial charge is 0.206 e. The highest BCUT2D eigenvalue weighted by atomic mass is 16.5. The van der Waals surface area contributed by atoms with Crippen LogP contribution in [0.25, 0.3) is 17.0 Å². The van der Waals surface area contributed by atoms with Gasteiger partial charge in [0.2, 0.25) is 5.88 Å². The molecule has 1 fully saturated rings. The van der Waals surface area contributed by atoms with Crippen LogP contribution in [0, 0.1) is 0 Å². The summed E-state index contributed by atoms with van der Waals surface area (Å²) < 4.78 is 13.2. The number of ether oxygens (including phenoxy) is 1. The fourth-order valence-electron chi connectivity index (χ4n) is 2.73. The molecule has 1 unspecified atom stereocenters. The van der Waals surface area contributed by atoms with Crippen molar-refractivity contribution in [2.45, 2.75) is 25.4 Å². The number of rotatable bonds is 3. The van der Waals surface area contributed by atoms with Crippen molar-refractivity contribution in [3.63, 3.8) is 0 Å². The summed E-state index contributed by atoms with van der Waals surface area (Å²) in [5.41, 5.74) is 1.72. The molecule has 5 nitrogen and oxygen atoms in total. The van der Waals surface area contributed by atoms with Gasteiger partial charge in [-0.2, -0.15) is 0 Å². The number of fused-ring (bicyclic) bond motifs is 1. The normalized spacial score (nSPS) is 18.9. The van der Waals surface area contributed by atoms with Gasteiger partial charge in [-0.15, -0.1) is 0 Å². The van der Waals surface area contributed by atoms with Gasteiger partial charge in [-0.3, -0.25) is 0 Å². The SMILES string of the molecule is c1coc(-n2c(CC3CCCO3)nc3cccnc32)c1. The summed E-state index contributed by atoms with van der Waals surface area (Å²) in [5, 5.41) is 0. The van der Waals surface area contributed by atoms with Crippen molar-refractivity contribution in [1.82, 2.24) is 14.5 Å². The first-order valence-corrected chi connectivity index (χ1v) is 6.89. The molecule has 1 aliphatic heterocycles. The molecule has 0 aromatic carbocycles. The van der Waals surface area contributed by atoms with Crippen LogP contribution in [0.1, 0.15) is 18.7 Å². The summed E-state index contributed by atoms with van der Waals surface area (Å²) in [7, 11) is 0. The van der Waals surface area contributed by atoms with Gasteiger partial charge < -0.3 is 9.15 Å². The van der Waals surface area contributed by atoms with Crippen molar-refractivity contribution >= 4 is 11.2 Å². The second-order valence-electron chi connectivity index (χ2n) is 5.00. The van der Waals surface area contributed by atoms with Crippen molar-refractivity contribution in [2.75, 3.05) is 6.61 Å². The highest BCUT2D eigenvalue weighted by Gasteiger charge is 2.22. The van der Waals surface area contributed by atoms with Gasteiger partial charge in [-0.25, -0.2) is 14.5 Å². The molecule has 5 heteroatoms. The lowest BCUT2D eigenvalue weighted by Crippen LogP contribution is -2.13. The van der Waals surface area contributed by atoms with Gasteiger partial charge in [-0.05, 0) is 31.0 Å². The summed E-state index contributed by atoms with van der Waals surface area (Å²) >= 11 is 0. The van der Waals surface area contributed by atoms with Crippen LogP contribution in [0.4, 0.5) is 0 Å². The number of hydrogen-bond acceptors (Lipinski definition) is 4. The van der Waals surface area contributed by atoms with Crippen LogP contribution in [-0.2, 0) is 11.2 Å². The largest absolute Gasteiger partial charge is 0.448 e. The van der Waals surface area contributed by atoms with E-state index in [0.29, 0.717) is 0 Å². The van der Waals surface area contributed by atoms with Gasteiger partial charge >= 0.3 is 0 Å². The number of pyridine rings is 1. The lowest BCUT2D eigenvalue weighted by atomic mass is 10.2. The molecule has 20 heavy (non-hydrogen) atoms. The topological polar surface area (TPSA) is 53.1 Å². The zero-order chi connectivity index (χ0) is 13.4. The molecule has 0 aliphatic carbocycles. The number of nitrogens with zero attached hydrogens (tertiary/aromatic N) is 3. The van der Waals surface area contributed by atoms with Crippen LogP contribution in [0.2, 0.25) is 0 Å². The summed E-state index contributed by atoms with van der Waals surface area (Å²) in [6.45, 7) is 0.851. The predicted molar refractivity (Wildman–Crippen MR) is 73.8 cm³/mol. The molecule has 3 aromatic heterocycles. The van der Waals surface area contributed by atoms with Crippen LogP contribution in [0.15, 0.2) is 41.1 Å². The Morgan fingerprint density at radius 2 is 2.30 bits per heavy atom. The van der Waals surface area contributed by atoms with E-state index in [1.165, 1.54) is 0 Å². The lowest BCUT2D eigenvalue weighted by molar-refractivity contribution is 0.109. The van der Waals surface area contributed by atoms with Crippen molar-refractivity contribution in [2.24, 2.45) is 0 Å². The van der Waals surface area contributed by atoms with E-state index in [4.69, 9.17) is 14.1 Å². The Bertz CT molecular complexity index is 712. The monoisotopic (exact) mass is 269 g/mol. The molecule has 0 amide bonds. The minimum absolute atomic E-state index is 0.250. The first-order valence-electron chi connectivity index (χ1n) is 6.89. The maximum atomic E-state index is 5.72. The fourth-order valence-corrected chi connectivity index (χ4v) is 2.73. The van der Waals surface area contributed by atoms with E-state index >= 15 is 0 Å². The highest BCUT2D eigenvalue weighted by Crippen LogP contribution is 2.23. The molecule has 0 spiro atoms. The third-order valence-electron chi connectivity index (χ3n) is 3.65. The van der Waals surface area contributed by atoms with Crippen molar-refractivity contribution in [3.05, 3.63) is 42.5 Å². The number of hydrogen-bond donors (Lipinski definition) is 0. The maximum absolute atomic E-state index is 5.72. The van der Waals surface area contributed by atoms with Crippen LogP contribution >= 0.6 is 0 Å². The Labute approximate surface area is 116 Å². The third kappa shape index (κ3) is 1.91. The molecular weight excluding hydrogens is 254 g/mol. The minimum atomic E-state index is 0.250. The first-order chi connectivity index (χ1) is 9.92. The summed E-state index contributed by atoms with van der Waals surface area (Å²) in [6.07, 6.45) is 6.70. The van der Waals surface area contributed by atoms with Gasteiger partial charge in [0, 0.05) is 25.3 Å². The maximum Gasteiger partial charge on any atom is 0.206 e. The standard InChI is InChI=1S/C15H15N3O2/c1-5-12-15(16-7-1)18(14-6-3-9-20-14)13(17-12)10-11-4-2-8-19-11/h1,3,5-7,9,11H,2,4,8,10H2. The van der Waals surface area contributed by atoms with Gasteiger partial charge in [0.25, 0.3) is 0 Å². The zero-order valence-corrected chi connectivity index (χ0v) is 11.0. The molecule has 4 heterocycles. The molecule has 102 valence electrons. The summed E-state index contributed by atoms with van der Waals surface area (Å²) in [4.78, 5) is 9.12. The second-order valence-corrected chi connectivity index (χ2v) is 5.00. The molecule has 0 saturated carbocycles.